The molecular weight excluding hydrogens is 340 g/mol. The first-order valence-corrected chi connectivity index (χ1v) is 9.88. The average molecular weight is 360 g/mol. The van der Waals surface area contributed by atoms with Gasteiger partial charge >= 0.3 is 0 Å². The quantitative estimate of drug-likeness (QED) is 0.486. The number of thiophene rings is 1. The second kappa shape index (κ2) is 5.95. The molecule has 0 radical (unpaired) electrons. The summed E-state index contributed by atoms with van der Waals surface area (Å²) < 4.78 is 2.25. The topological polar surface area (TPSA) is 46.5 Å². The Hall–Kier alpha value is -2.66. The Morgan fingerprint density at radius 1 is 1.27 bits per heavy atom. The van der Waals surface area contributed by atoms with Crippen LogP contribution < -0.4 is 0 Å². The van der Waals surface area contributed by atoms with E-state index in [1.165, 1.54) is 33.5 Å². The predicted molar refractivity (Wildman–Crippen MR) is 106 cm³/mol. The third-order valence-electron chi connectivity index (χ3n) is 5.08. The first-order chi connectivity index (χ1) is 12.7. The molecule has 0 spiro atoms. The van der Waals surface area contributed by atoms with Crippen molar-refractivity contribution in [3.05, 3.63) is 69.9 Å². The van der Waals surface area contributed by atoms with E-state index in [9.17, 15) is 0 Å². The van der Waals surface area contributed by atoms with Crippen LogP contribution >= 0.6 is 11.3 Å². The van der Waals surface area contributed by atoms with Gasteiger partial charge in [-0.1, -0.05) is 32.0 Å². The van der Waals surface area contributed by atoms with Crippen LogP contribution in [-0.4, -0.2) is 19.7 Å². The van der Waals surface area contributed by atoms with Crippen molar-refractivity contribution in [3.63, 3.8) is 0 Å². The van der Waals surface area contributed by atoms with Gasteiger partial charge < -0.3 is 4.57 Å². The number of nitrogens with zero attached hydrogens (tertiary/aromatic N) is 3. The number of aromatic amines is 1. The van der Waals surface area contributed by atoms with Gasteiger partial charge in [0.25, 0.3) is 0 Å². The normalized spacial score (nSPS) is 12.6. The lowest BCUT2D eigenvalue weighted by atomic mass is 10.0. The van der Waals surface area contributed by atoms with Crippen LogP contribution in [0.5, 0.6) is 0 Å². The molecule has 5 heteroatoms. The summed E-state index contributed by atoms with van der Waals surface area (Å²) in [6.45, 7) is 5.24. The lowest BCUT2D eigenvalue weighted by Gasteiger charge is -2.11. The summed E-state index contributed by atoms with van der Waals surface area (Å²) in [6.07, 6.45) is 4.91. The molecule has 0 unspecified atom stereocenters. The minimum absolute atomic E-state index is 0.429. The SMILES string of the molecule is CC(C)c1nccn1Cc1ccc2c(c1)Cc1c(-c3ccsc3)n[nH]c1-2. The van der Waals surface area contributed by atoms with Crippen molar-refractivity contribution in [2.45, 2.75) is 32.7 Å². The maximum Gasteiger partial charge on any atom is 0.111 e. The summed E-state index contributed by atoms with van der Waals surface area (Å²) in [6, 6.07) is 8.94. The molecule has 1 aliphatic carbocycles. The Morgan fingerprint density at radius 3 is 3.00 bits per heavy atom. The molecule has 4 aromatic rings. The van der Waals surface area contributed by atoms with E-state index in [0.29, 0.717) is 5.92 Å². The number of H-pyrrole nitrogens is 1. The van der Waals surface area contributed by atoms with Crippen molar-refractivity contribution in [1.82, 2.24) is 19.7 Å². The molecule has 0 bridgehead atoms. The number of nitrogens with one attached hydrogen (secondary N) is 1. The molecule has 0 saturated heterocycles. The molecule has 4 nitrogen and oxygen atoms in total. The molecule has 0 aliphatic heterocycles. The van der Waals surface area contributed by atoms with Gasteiger partial charge in [-0.25, -0.2) is 4.98 Å². The standard InChI is InChI=1S/C21H20N4S/c1-13(2)21-22-6-7-25(21)11-14-3-4-17-16(9-14)10-18-19(23-24-20(17)18)15-5-8-26-12-15/h3-9,12-13H,10-11H2,1-2H3,(H,23,24). The minimum Gasteiger partial charge on any atom is -0.330 e. The lowest BCUT2D eigenvalue weighted by Crippen LogP contribution is -2.06. The molecule has 3 heterocycles. The monoisotopic (exact) mass is 360 g/mol. The van der Waals surface area contributed by atoms with Gasteiger partial charge in [0.1, 0.15) is 5.82 Å². The molecule has 130 valence electrons. The van der Waals surface area contributed by atoms with Crippen LogP contribution in [0.3, 0.4) is 0 Å². The van der Waals surface area contributed by atoms with Crippen LogP contribution in [0, 0.1) is 0 Å². The summed E-state index contributed by atoms with van der Waals surface area (Å²) in [5.74, 6) is 1.57. The number of benzene rings is 1. The second-order valence-corrected chi connectivity index (χ2v) is 7.95. The van der Waals surface area contributed by atoms with E-state index in [1.807, 2.05) is 6.20 Å². The maximum atomic E-state index is 4.56. The van der Waals surface area contributed by atoms with Crippen molar-refractivity contribution >= 4 is 11.3 Å². The van der Waals surface area contributed by atoms with Crippen molar-refractivity contribution in [1.29, 1.82) is 0 Å². The average Bonchev–Trinajstić information content (AvgIpc) is 3.38. The number of aromatic nitrogens is 4. The largest absolute Gasteiger partial charge is 0.330 e. The zero-order valence-electron chi connectivity index (χ0n) is 14.9. The summed E-state index contributed by atoms with van der Waals surface area (Å²) >= 11 is 1.71. The van der Waals surface area contributed by atoms with Gasteiger partial charge in [0.2, 0.25) is 0 Å². The summed E-state index contributed by atoms with van der Waals surface area (Å²) in [7, 11) is 0. The zero-order valence-corrected chi connectivity index (χ0v) is 15.7. The van der Waals surface area contributed by atoms with E-state index in [-0.39, 0.29) is 0 Å². The van der Waals surface area contributed by atoms with Crippen molar-refractivity contribution in [3.8, 4) is 22.5 Å². The Bertz CT molecular complexity index is 1070. The Labute approximate surface area is 156 Å². The number of hydrogen-bond donors (Lipinski definition) is 1. The van der Waals surface area contributed by atoms with Crippen molar-refractivity contribution < 1.29 is 0 Å². The summed E-state index contributed by atoms with van der Waals surface area (Å²) in [4.78, 5) is 4.50. The van der Waals surface area contributed by atoms with Gasteiger partial charge in [-0.05, 0) is 22.6 Å². The molecule has 1 aromatic carbocycles. The Balaban J connectivity index is 1.47. The van der Waals surface area contributed by atoms with Crippen LogP contribution in [0.2, 0.25) is 0 Å². The fourth-order valence-corrected chi connectivity index (χ4v) is 4.52. The first kappa shape index (κ1) is 15.6. The van der Waals surface area contributed by atoms with Gasteiger partial charge in [0.05, 0.1) is 11.4 Å². The molecule has 0 atom stereocenters. The van der Waals surface area contributed by atoms with Gasteiger partial charge in [-0.2, -0.15) is 16.4 Å². The summed E-state index contributed by atoms with van der Waals surface area (Å²) in [5.41, 5.74) is 8.79. The number of imidazole rings is 1. The highest BCUT2D eigenvalue weighted by Gasteiger charge is 2.25. The minimum atomic E-state index is 0.429. The molecule has 1 aliphatic rings. The number of rotatable bonds is 4. The van der Waals surface area contributed by atoms with E-state index >= 15 is 0 Å². The molecule has 1 N–H and O–H groups in total. The Morgan fingerprint density at radius 2 is 2.19 bits per heavy atom. The highest BCUT2D eigenvalue weighted by Crippen LogP contribution is 2.40. The van der Waals surface area contributed by atoms with Crippen molar-refractivity contribution in [2.24, 2.45) is 0 Å². The molecule has 0 amide bonds. The van der Waals surface area contributed by atoms with Crippen LogP contribution in [-0.2, 0) is 13.0 Å². The molecule has 5 rings (SSSR count). The van der Waals surface area contributed by atoms with Gasteiger partial charge in [0.15, 0.2) is 0 Å². The van der Waals surface area contributed by atoms with E-state index in [2.05, 4.69) is 74.8 Å². The van der Waals surface area contributed by atoms with Crippen LogP contribution in [0.1, 0.15) is 42.3 Å². The Kier molecular flexibility index (Phi) is 3.57. The third-order valence-corrected chi connectivity index (χ3v) is 5.77. The van der Waals surface area contributed by atoms with Crippen molar-refractivity contribution in [2.75, 3.05) is 0 Å². The summed E-state index contributed by atoms with van der Waals surface area (Å²) in [5, 5.41) is 12.1. The fraction of sp³-hybridized carbons (Fsp3) is 0.238. The number of fused-ring (bicyclic) bond motifs is 3. The van der Waals surface area contributed by atoms with Crippen LogP contribution in [0.4, 0.5) is 0 Å². The highest BCUT2D eigenvalue weighted by molar-refractivity contribution is 7.08. The van der Waals surface area contributed by atoms with Gasteiger partial charge in [-0.15, -0.1) is 0 Å². The van der Waals surface area contributed by atoms with E-state index in [1.54, 1.807) is 11.3 Å². The van der Waals surface area contributed by atoms with Gasteiger partial charge in [-0.3, -0.25) is 5.10 Å². The third kappa shape index (κ3) is 2.42. The molecule has 0 saturated carbocycles. The smallest absolute Gasteiger partial charge is 0.111 e. The predicted octanol–water partition coefficient (Wildman–Crippen LogP) is 5.08. The fourth-order valence-electron chi connectivity index (χ4n) is 3.88. The van der Waals surface area contributed by atoms with Crippen LogP contribution in [0.15, 0.2) is 47.4 Å². The lowest BCUT2D eigenvalue weighted by molar-refractivity contribution is 0.669. The number of hydrogen-bond acceptors (Lipinski definition) is 3. The van der Waals surface area contributed by atoms with Gasteiger partial charge in [0, 0.05) is 53.3 Å². The highest BCUT2D eigenvalue weighted by atomic mass is 32.1. The van der Waals surface area contributed by atoms with Crippen LogP contribution in [0.25, 0.3) is 22.5 Å². The van der Waals surface area contributed by atoms with E-state index < -0.39 is 0 Å². The first-order valence-electron chi connectivity index (χ1n) is 8.93. The second-order valence-electron chi connectivity index (χ2n) is 7.17. The molecule has 0 fully saturated rings. The molecule has 26 heavy (non-hydrogen) atoms. The van der Waals surface area contributed by atoms with E-state index in [0.717, 1.165) is 24.5 Å². The van der Waals surface area contributed by atoms with E-state index in [4.69, 9.17) is 0 Å². The molecule has 3 aromatic heterocycles. The molecular formula is C21H20N4S. The maximum absolute atomic E-state index is 4.56. The zero-order chi connectivity index (χ0) is 17.7.